The number of hydrogen-bond donors (Lipinski definition) is 0. The van der Waals surface area contributed by atoms with Crippen LogP contribution in [0, 0.1) is 0 Å². The Balaban J connectivity index is 2.21. The van der Waals surface area contributed by atoms with Gasteiger partial charge in [-0.15, -0.1) is 11.6 Å². The highest BCUT2D eigenvalue weighted by Gasteiger charge is 2.16. The van der Waals surface area contributed by atoms with Crippen molar-refractivity contribution in [1.82, 2.24) is 0 Å². The predicted molar refractivity (Wildman–Crippen MR) is 78.1 cm³/mol. The fourth-order valence-electron chi connectivity index (χ4n) is 2.10. The summed E-state index contributed by atoms with van der Waals surface area (Å²) in [4.78, 5) is 0. The third-order valence-corrected chi connectivity index (χ3v) is 4.11. The second-order valence-electron chi connectivity index (χ2n) is 4.06. The average Bonchev–Trinajstić information content (AvgIpc) is 2.93. The minimum Gasteiger partial charge on any atom is -0.467 e. The van der Waals surface area contributed by atoms with Crippen LogP contribution < -0.4 is 0 Å². The van der Waals surface area contributed by atoms with Crippen molar-refractivity contribution < 1.29 is 4.42 Å². The topological polar surface area (TPSA) is 13.1 Å². The van der Waals surface area contributed by atoms with Gasteiger partial charge in [0.25, 0.3) is 0 Å². The normalized spacial score (nSPS) is 12.8. The van der Waals surface area contributed by atoms with Gasteiger partial charge in [-0.2, -0.15) is 0 Å². The van der Waals surface area contributed by atoms with E-state index in [9.17, 15) is 0 Å². The summed E-state index contributed by atoms with van der Waals surface area (Å²) in [6, 6.07) is 16.0. The van der Waals surface area contributed by atoms with Crippen LogP contribution in [0.5, 0.6) is 0 Å². The second-order valence-corrected chi connectivity index (χ2v) is 5.35. The summed E-state index contributed by atoms with van der Waals surface area (Å²) >= 11 is 10.1. The first-order chi connectivity index (χ1) is 8.77. The Morgan fingerprint density at radius 2 is 1.72 bits per heavy atom. The maximum absolute atomic E-state index is 6.50. The van der Waals surface area contributed by atoms with E-state index < -0.39 is 0 Å². The van der Waals surface area contributed by atoms with Gasteiger partial charge < -0.3 is 4.42 Å². The maximum Gasteiger partial charge on any atom is 0.126 e. The number of furan rings is 1. The van der Waals surface area contributed by atoms with Crippen molar-refractivity contribution in [2.75, 3.05) is 0 Å². The molecule has 1 heterocycles. The van der Waals surface area contributed by atoms with E-state index in [1.165, 1.54) is 0 Å². The molecule has 1 atom stereocenters. The van der Waals surface area contributed by atoms with Crippen molar-refractivity contribution in [3.63, 3.8) is 0 Å². The minimum atomic E-state index is -0.266. The van der Waals surface area contributed by atoms with Gasteiger partial charge in [-0.05, 0) is 34.5 Å². The highest BCUT2D eigenvalue weighted by atomic mass is 79.9. The lowest BCUT2D eigenvalue weighted by atomic mass is 10.0. The molecule has 0 saturated carbocycles. The number of alkyl halides is 1. The largest absolute Gasteiger partial charge is 0.467 e. The molecule has 90 valence electrons. The lowest BCUT2D eigenvalue weighted by Crippen LogP contribution is -1.93. The van der Waals surface area contributed by atoms with Gasteiger partial charge >= 0.3 is 0 Å². The van der Waals surface area contributed by atoms with E-state index in [0.29, 0.717) is 0 Å². The van der Waals surface area contributed by atoms with Gasteiger partial charge in [0.05, 0.1) is 6.26 Å². The Bertz CT molecular complexity index is 676. The lowest BCUT2D eigenvalue weighted by Gasteiger charge is -2.11. The first-order valence-corrected chi connectivity index (χ1v) is 6.85. The van der Waals surface area contributed by atoms with Crippen molar-refractivity contribution in [3.05, 3.63) is 70.6 Å². The van der Waals surface area contributed by atoms with Crippen LogP contribution in [-0.4, -0.2) is 0 Å². The summed E-state index contributed by atoms with van der Waals surface area (Å²) in [5, 5.41) is 2.04. The number of fused-ring (bicyclic) bond motifs is 1. The zero-order chi connectivity index (χ0) is 12.5. The summed E-state index contributed by atoms with van der Waals surface area (Å²) in [6.07, 6.45) is 1.64. The van der Waals surface area contributed by atoms with Crippen molar-refractivity contribution >= 4 is 38.3 Å². The molecule has 0 aliphatic heterocycles. The monoisotopic (exact) mass is 320 g/mol. The van der Waals surface area contributed by atoms with E-state index >= 15 is 0 Å². The van der Waals surface area contributed by atoms with Crippen molar-refractivity contribution in [1.29, 1.82) is 0 Å². The van der Waals surface area contributed by atoms with Gasteiger partial charge in [0.1, 0.15) is 11.1 Å². The van der Waals surface area contributed by atoms with Crippen molar-refractivity contribution in [2.24, 2.45) is 0 Å². The van der Waals surface area contributed by atoms with Crippen LogP contribution in [-0.2, 0) is 0 Å². The van der Waals surface area contributed by atoms with Gasteiger partial charge in [-0.25, -0.2) is 0 Å². The van der Waals surface area contributed by atoms with Gasteiger partial charge in [-0.3, -0.25) is 0 Å². The summed E-state index contributed by atoms with van der Waals surface area (Å²) in [6.45, 7) is 0. The molecule has 0 saturated heterocycles. The molecule has 3 heteroatoms. The average molecular weight is 322 g/mol. The Labute approximate surface area is 119 Å². The van der Waals surface area contributed by atoms with Crippen molar-refractivity contribution in [3.8, 4) is 0 Å². The lowest BCUT2D eigenvalue weighted by molar-refractivity contribution is 0.517. The summed E-state index contributed by atoms with van der Waals surface area (Å²) < 4.78 is 6.46. The van der Waals surface area contributed by atoms with Gasteiger partial charge in [-0.1, -0.05) is 46.3 Å². The quantitative estimate of drug-likeness (QED) is 0.566. The fraction of sp³-hybridized carbons (Fsp3) is 0.0667. The fourth-order valence-corrected chi connectivity index (χ4v) is 2.89. The van der Waals surface area contributed by atoms with Crippen LogP contribution >= 0.6 is 27.5 Å². The molecule has 1 unspecified atom stereocenters. The molecule has 0 fully saturated rings. The van der Waals surface area contributed by atoms with Crippen molar-refractivity contribution in [2.45, 2.75) is 5.38 Å². The van der Waals surface area contributed by atoms with E-state index in [4.69, 9.17) is 16.0 Å². The molecule has 3 aromatic rings. The molecule has 0 radical (unpaired) electrons. The number of halogens is 2. The first-order valence-electron chi connectivity index (χ1n) is 5.62. The van der Waals surface area contributed by atoms with Gasteiger partial charge in [0, 0.05) is 4.47 Å². The van der Waals surface area contributed by atoms with E-state index in [2.05, 4.69) is 28.1 Å². The Kier molecular flexibility index (Phi) is 3.14. The minimum absolute atomic E-state index is 0.266. The molecule has 0 amide bonds. The molecule has 0 aliphatic rings. The molecule has 1 aromatic heterocycles. The van der Waals surface area contributed by atoms with Crippen LogP contribution in [0.2, 0.25) is 0 Å². The molecule has 3 rings (SSSR count). The Morgan fingerprint density at radius 1 is 0.944 bits per heavy atom. The molecule has 0 aliphatic carbocycles. The molecule has 0 spiro atoms. The third-order valence-electron chi connectivity index (χ3n) is 2.97. The van der Waals surface area contributed by atoms with Gasteiger partial charge in [0.2, 0.25) is 0 Å². The number of rotatable bonds is 2. The molecular formula is C15H10BrClO. The molecule has 0 bridgehead atoms. The third kappa shape index (κ3) is 1.96. The van der Waals surface area contributed by atoms with E-state index in [1.807, 2.05) is 36.4 Å². The SMILES string of the molecule is ClC(c1ccco1)c1ccc(Br)c2ccccc12. The standard InChI is InChI=1S/C15H10BrClO/c16-13-8-7-12(10-4-1-2-5-11(10)13)15(17)14-6-3-9-18-14/h1-9,15H. The molecule has 18 heavy (non-hydrogen) atoms. The van der Waals surface area contributed by atoms with Crippen LogP contribution in [0.25, 0.3) is 10.8 Å². The van der Waals surface area contributed by atoms with Gasteiger partial charge in [0.15, 0.2) is 0 Å². The number of hydrogen-bond acceptors (Lipinski definition) is 1. The van der Waals surface area contributed by atoms with Crippen LogP contribution in [0.3, 0.4) is 0 Å². The highest BCUT2D eigenvalue weighted by molar-refractivity contribution is 9.10. The van der Waals surface area contributed by atoms with E-state index in [-0.39, 0.29) is 5.38 Å². The molecule has 0 N–H and O–H groups in total. The molecule has 2 aromatic carbocycles. The summed E-state index contributed by atoms with van der Waals surface area (Å²) in [7, 11) is 0. The number of benzene rings is 2. The van der Waals surface area contributed by atoms with Crippen LogP contribution in [0.15, 0.2) is 63.7 Å². The zero-order valence-electron chi connectivity index (χ0n) is 9.44. The Morgan fingerprint density at radius 3 is 2.44 bits per heavy atom. The smallest absolute Gasteiger partial charge is 0.126 e. The summed E-state index contributed by atoms with van der Waals surface area (Å²) in [5.41, 5.74) is 1.06. The predicted octanol–water partition coefficient (Wildman–Crippen LogP) is 5.52. The first kappa shape index (κ1) is 11.8. The molecular weight excluding hydrogens is 312 g/mol. The van der Waals surface area contributed by atoms with E-state index in [1.54, 1.807) is 6.26 Å². The van der Waals surface area contributed by atoms with Crippen LogP contribution in [0.4, 0.5) is 0 Å². The Hall–Kier alpha value is -1.25. The maximum atomic E-state index is 6.50. The molecule has 1 nitrogen and oxygen atoms in total. The zero-order valence-corrected chi connectivity index (χ0v) is 11.8. The van der Waals surface area contributed by atoms with E-state index in [0.717, 1.165) is 26.6 Å². The second kappa shape index (κ2) is 4.79. The highest BCUT2D eigenvalue weighted by Crippen LogP contribution is 2.36. The summed E-state index contributed by atoms with van der Waals surface area (Å²) in [5.74, 6) is 0.768. The van der Waals surface area contributed by atoms with Crippen LogP contribution in [0.1, 0.15) is 16.7 Å².